The summed E-state index contributed by atoms with van der Waals surface area (Å²) in [7, 11) is 1.19. The first kappa shape index (κ1) is 14.1. The topological polar surface area (TPSA) is 89.6 Å². The van der Waals surface area contributed by atoms with Crippen molar-refractivity contribution in [2.75, 3.05) is 7.11 Å². The predicted molar refractivity (Wildman–Crippen MR) is 61.8 cm³/mol. The molecule has 0 aliphatic carbocycles. The number of carbonyl (C=O) groups is 2. The Morgan fingerprint density at radius 3 is 2.61 bits per heavy atom. The SMILES string of the molecule is COC(=O)c1cc(F)cc(CC(N)C(=O)O)c1C. The summed E-state index contributed by atoms with van der Waals surface area (Å²) < 4.78 is 17.9. The van der Waals surface area contributed by atoms with Crippen molar-refractivity contribution in [2.24, 2.45) is 5.73 Å². The van der Waals surface area contributed by atoms with E-state index in [4.69, 9.17) is 10.8 Å². The lowest BCUT2D eigenvalue weighted by Gasteiger charge is -2.12. The number of esters is 1. The van der Waals surface area contributed by atoms with Crippen LogP contribution in [0.3, 0.4) is 0 Å². The molecule has 0 radical (unpaired) electrons. The number of halogens is 1. The van der Waals surface area contributed by atoms with Crippen molar-refractivity contribution in [3.8, 4) is 0 Å². The lowest BCUT2D eigenvalue weighted by molar-refractivity contribution is -0.138. The van der Waals surface area contributed by atoms with E-state index in [1.165, 1.54) is 13.2 Å². The van der Waals surface area contributed by atoms with Crippen LogP contribution in [0.4, 0.5) is 4.39 Å². The largest absolute Gasteiger partial charge is 0.480 e. The molecule has 0 aliphatic heterocycles. The Labute approximate surface area is 103 Å². The van der Waals surface area contributed by atoms with Crippen LogP contribution in [0.2, 0.25) is 0 Å². The molecule has 0 spiro atoms. The summed E-state index contributed by atoms with van der Waals surface area (Å²) in [4.78, 5) is 22.1. The van der Waals surface area contributed by atoms with Crippen LogP contribution < -0.4 is 5.73 Å². The fourth-order valence-corrected chi connectivity index (χ4v) is 1.59. The van der Waals surface area contributed by atoms with Crippen LogP contribution in [0, 0.1) is 12.7 Å². The van der Waals surface area contributed by atoms with Crippen LogP contribution in [0.5, 0.6) is 0 Å². The Bertz CT molecular complexity index is 487. The molecule has 3 N–H and O–H groups in total. The van der Waals surface area contributed by atoms with Gasteiger partial charge in [-0.15, -0.1) is 0 Å². The number of carbonyl (C=O) groups excluding carboxylic acids is 1. The average molecular weight is 255 g/mol. The van der Waals surface area contributed by atoms with Crippen molar-refractivity contribution in [2.45, 2.75) is 19.4 Å². The van der Waals surface area contributed by atoms with Crippen LogP contribution in [-0.4, -0.2) is 30.2 Å². The molecule has 1 unspecified atom stereocenters. The molecule has 1 atom stereocenters. The van der Waals surface area contributed by atoms with E-state index in [9.17, 15) is 14.0 Å². The number of rotatable bonds is 4. The molecule has 0 amide bonds. The van der Waals surface area contributed by atoms with Gasteiger partial charge in [0, 0.05) is 0 Å². The summed E-state index contributed by atoms with van der Waals surface area (Å²) in [6.45, 7) is 1.59. The molecule has 0 heterocycles. The van der Waals surface area contributed by atoms with Gasteiger partial charge in [0.2, 0.25) is 0 Å². The number of carboxylic acid groups (broad SMARTS) is 1. The maximum Gasteiger partial charge on any atom is 0.338 e. The molecule has 1 aromatic rings. The first-order valence-electron chi connectivity index (χ1n) is 5.22. The molecule has 1 aromatic carbocycles. The van der Waals surface area contributed by atoms with Gasteiger partial charge in [-0.05, 0) is 36.6 Å². The fraction of sp³-hybridized carbons (Fsp3) is 0.333. The molecule has 18 heavy (non-hydrogen) atoms. The minimum atomic E-state index is -1.18. The third-order valence-electron chi connectivity index (χ3n) is 2.64. The summed E-state index contributed by atoms with van der Waals surface area (Å²) >= 11 is 0. The maximum absolute atomic E-state index is 13.4. The lowest BCUT2D eigenvalue weighted by Crippen LogP contribution is -2.32. The van der Waals surface area contributed by atoms with Crippen molar-refractivity contribution in [1.29, 1.82) is 0 Å². The Kier molecular flexibility index (Phi) is 4.38. The summed E-state index contributed by atoms with van der Waals surface area (Å²) in [6.07, 6.45) is -0.0527. The lowest BCUT2D eigenvalue weighted by atomic mass is 9.97. The molecule has 0 aromatic heterocycles. The molecule has 0 saturated carbocycles. The highest BCUT2D eigenvalue weighted by molar-refractivity contribution is 5.91. The number of methoxy groups -OCH3 is 1. The molecular weight excluding hydrogens is 241 g/mol. The number of benzene rings is 1. The van der Waals surface area contributed by atoms with Gasteiger partial charge in [0.1, 0.15) is 11.9 Å². The van der Waals surface area contributed by atoms with Gasteiger partial charge in [-0.2, -0.15) is 0 Å². The zero-order valence-corrected chi connectivity index (χ0v) is 10.1. The monoisotopic (exact) mass is 255 g/mol. The minimum absolute atomic E-state index is 0.0527. The molecule has 1 rings (SSSR count). The molecule has 0 aliphatic rings. The molecule has 0 saturated heterocycles. The van der Waals surface area contributed by atoms with Crippen LogP contribution in [0.1, 0.15) is 21.5 Å². The second-order valence-corrected chi connectivity index (χ2v) is 3.88. The van der Waals surface area contributed by atoms with Gasteiger partial charge < -0.3 is 15.6 Å². The van der Waals surface area contributed by atoms with Crippen molar-refractivity contribution in [3.63, 3.8) is 0 Å². The molecule has 98 valence electrons. The standard InChI is InChI=1S/C12H14FNO4/c1-6-7(4-10(14)11(15)16)3-8(13)5-9(6)12(17)18-2/h3,5,10H,4,14H2,1-2H3,(H,15,16). The third-order valence-corrected chi connectivity index (χ3v) is 2.64. The number of hydrogen-bond donors (Lipinski definition) is 2. The molecule has 5 nitrogen and oxygen atoms in total. The fourth-order valence-electron chi connectivity index (χ4n) is 1.59. The van der Waals surface area contributed by atoms with E-state index in [1.54, 1.807) is 6.92 Å². The van der Waals surface area contributed by atoms with Gasteiger partial charge in [-0.1, -0.05) is 0 Å². The van der Waals surface area contributed by atoms with Crippen LogP contribution >= 0.6 is 0 Å². The summed E-state index contributed by atoms with van der Waals surface area (Å²) in [5, 5.41) is 8.72. The predicted octanol–water partition coefficient (Wildman–Crippen LogP) is 0.875. The van der Waals surface area contributed by atoms with E-state index in [2.05, 4.69) is 4.74 Å². The zero-order chi connectivity index (χ0) is 13.9. The number of carboxylic acids is 1. The van der Waals surface area contributed by atoms with Crippen LogP contribution in [0.25, 0.3) is 0 Å². The second kappa shape index (κ2) is 5.59. The first-order valence-corrected chi connectivity index (χ1v) is 5.22. The molecular formula is C12H14FNO4. The van der Waals surface area contributed by atoms with E-state index in [0.717, 1.165) is 6.07 Å². The molecule has 0 bridgehead atoms. The van der Waals surface area contributed by atoms with Crippen molar-refractivity contribution in [3.05, 3.63) is 34.6 Å². The zero-order valence-electron chi connectivity index (χ0n) is 10.1. The van der Waals surface area contributed by atoms with Crippen molar-refractivity contribution in [1.82, 2.24) is 0 Å². The number of ether oxygens (including phenoxy) is 1. The van der Waals surface area contributed by atoms with Gasteiger partial charge >= 0.3 is 11.9 Å². The average Bonchev–Trinajstić information content (AvgIpc) is 2.32. The molecule has 6 heteroatoms. The number of aliphatic carboxylic acids is 1. The van der Waals surface area contributed by atoms with E-state index in [1.807, 2.05) is 0 Å². The Balaban J connectivity index is 3.17. The highest BCUT2D eigenvalue weighted by atomic mass is 19.1. The Morgan fingerprint density at radius 2 is 2.11 bits per heavy atom. The van der Waals surface area contributed by atoms with E-state index < -0.39 is 23.8 Å². The Morgan fingerprint density at radius 1 is 1.50 bits per heavy atom. The highest BCUT2D eigenvalue weighted by Crippen LogP contribution is 2.18. The van der Waals surface area contributed by atoms with Gasteiger partial charge in [-0.25, -0.2) is 9.18 Å². The van der Waals surface area contributed by atoms with E-state index in [0.29, 0.717) is 11.1 Å². The Hall–Kier alpha value is -1.95. The van der Waals surface area contributed by atoms with E-state index >= 15 is 0 Å². The molecule has 0 fully saturated rings. The second-order valence-electron chi connectivity index (χ2n) is 3.88. The minimum Gasteiger partial charge on any atom is -0.480 e. The number of hydrogen-bond acceptors (Lipinski definition) is 4. The van der Waals surface area contributed by atoms with Crippen LogP contribution in [-0.2, 0) is 16.0 Å². The normalized spacial score (nSPS) is 12.0. The van der Waals surface area contributed by atoms with E-state index in [-0.39, 0.29) is 12.0 Å². The van der Waals surface area contributed by atoms with Gasteiger partial charge in [-0.3, -0.25) is 4.79 Å². The van der Waals surface area contributed by atoms with Gasteiger partial charge in [0.15, 0.2) is 0 Å². The highest BCUT2D eigenvalue weighted by Gasteiger charge is 2.18. The summed E-state index contributed by atoms with van der Waals surface area (Å²) in [5.74, 6) is -2.48. The van der Waals surface area contributed by atoms with Gasteiger partial charge in [0.05, 0.1) is 12.7 Å². The number of nitrogens with two attached hydrogens (primary N) is 1. The van der Waals surface area contributed by atoms with Gasteiger partial charge in [0.25, 0.3) is 0 Å². The quantitative estimate of drug-likeness (QED) is 0.779. The van der Waals surface area contributed by atoms with Crippen LogP contribution in [0.15, 0.2) is 12.1 Å². The smallest absolute Gasteiger partial charge is 0.338 e. The van der Waals surface area contributed by atoms with Crippen molar-refractivity contribution < 1.29 is 23.8 Å². The summed E-state index contributed by atoms with van der Waals surface area (Å²) in [6, 6.07) is 1.08. The first-order chi connectivity index (χ1) is 8.36. The van der Waals surface area contributed by atoms with Crippen molar-refractivity contribution >= 4 is 11.9 Å². The summed E-state index contributed by atoms with van der Waals surface area (Å²) in [5.41, 5.74) is 6.31. The third kappa shape index (κ3) is 3.04. The maximum atomic E-state index is 13.4.